The summed E-state index contributed by atoms with van der Waals surface area (Å²) in [4.78, 5) is 5.50. The van der Waals surface area contributed by atoms with Gasteiger partial charge in [0.2, 0.25) is 5.89 Å². The molecule has 0 aliphatic heterocycles. The molecule has 1 aromatic carbocycles. The van der Waals surface area contributed by atoms with E-state index in [1.807, 2.05) is 11.3 Å². The summed E-state index contributed by atoms with van der Waals surface area (Å²) in [6.45, 7) is 4.57. The first-order chi connectivity index (χ1) is 9.22. The van der Waals surface area contributed by atoms with Crippen molar-refractivity contribution in [1.29, 1.82) is 0 Å². The van der Waals surface area contributed by atoms with E-state index < -0.39 is 0 Å². The van der Waals surface area contributed by atoms with Crippen LogP contribution in [0.5, 0.6) is 0 Å². The Bertz CT molecular complexity index is 656. The molecular formula is C14H15N3OS. The molecule has 1 atom stereocenters. The predicted molar refractivity (Wildman–Crippen MR) is 76.1 cm³/mol. The van der Waals surface area contributed by atoms with Gasteiger partial charge in [-0.2, -0.15) is 4.98 Å². The summed E-state index contributed by atoms with van der Waals surface area (Å²) in [5.41, 5.74) is 0. The van der Waals surface area contributed by atoms with Crippen molar-refractivity contribution < 1.29 is 4.52 Å². The topological polar surface area (TPSA) is 51.0 Å². The summed E-state index contributed by atoms with van der Waals surface area (Å²) in [5, 5.41) is 8.59. The van der Waals surface area contributed by atoms with Crippen molar-refractivity contribution in [1.82, 2.24) is 15.5 Å². The van der Waals surface area contributed by atoms with E-state index in [0.29, 0.717) is 18.3 Å². The van der Waals surface area contributed by atoms with Gasteiger partial charge in [0.05, 0.1) is 6.54 Å². The molecule has 0 aliphatic rings. The highest BCUT2D eigenvalue weighted by atomic mass is 32.1. The summed E-state index contributed by atoms with van der Waals surface area (Å²) in [6.07, 6.45) is 0. The molecule has 1 unspecified atom stereocenters. The minimum absolute atomic E-state index is 0.274. The molecule has 5 heteroatoms. The van der Waals surface area contributed by atoms with E-state index in [9.17, 15) is 0 Å². The zero-order valence-electron chi connectivity index (χ0n) is 10.9. The van der Waals surface area contributed by atoms with Crippen molar-refractivity contribution in [2.24, 2.45) is 0 Å². The Morgan fingerprint density at radius 1 is 1.37 bits per heavy atom. The standard InChI is InChI=1S/C14H15N3OS/c1-9(15-8-14-16-10(2)18-17-14)13-7-11-5-3-4-6-12(11)19-13/h3-7,9,15H,8H2,1-2H3. The smallest absolute Gasteiger partial charge is 0.223 e. The lowest BCUT2D eigenvalue weighted by Gasteiger charge is -2.09. The molecule has 3 aromatic rings. The SMILES string of the molecule is Cc1nc(CNC(C)c2cc3ccccc3s2)no1. The Labute approximate surface area is 115 Å². The number of hydrogen-bond donors (Lipinski definition) is 1. The van der Waals surface area contributed by atoms with Crippen LogP contribution in [0.1, 0.15) is 29.6 Å². The Kier molecular flexibility index (Phi) is 3.31. The molecular weight excluding hydrogens is 258 g/mol. The molecule has 0 saturated carbocycles. The van der Waals surface area contributed by atoms with Gasteiger partial charge in [-0.25, -0.2) is 0 Å². The minimum Gasteiger partial charge on any atom is -0.340 e. The van der Waals surface area contributed by atoms with Crippen molar-refractivity contribution >= 4 is 21.4 Å². The molecule has 0 spiro atoms. The van der Waals surface area contributed by atoms with Crippen molar-refractivity contribution in [3.05, 3.63) is 46.9 Å². The first-order valence-electron chi connectivity index (χ1n) is 6.23. The first-order valence-corrected chi connectivity index (χ1v) is 7.05. The fraction of sp³-hybridized carbons (Fsp3) is 0.286. The number of rotatable bonds is 4. The summed E-state index contributed by atoms with van der Waals surface area (Å²) < 4.78 is 6.27. The average molecular weight is 273 g/mol. The van der Waals surface area contributed by atoms with Gasteiger partial charge >= 0.3 is 0 Å². The lowest BCUT2D eigenvalue weighted by atomic mass is 10.2. The van der Waals surface area contributed by atoms with Crippen molar-refractivity contribution in [3.8, 4) is 0 Å². The number of nitrogens with zero attached hydrogens (tertiary/aromatic N) is 2. The second-order valence-electron chi connectivity index (χ2n) is 4.52. The molecule has 0 saturated heterocycles. The zero-order chi connectivity index (χ0) is 13.2. The van der Waals surface area contributed by atoms with Crippen LogP contribution in [0.2, 0.25) is 0 Å². The highest BCUT2D eigenvalue weighted by Crippen LogP contribution is 2.29. The molecule has 1 N–H and O–H groups in total. The fourth-order valence-corrected chi connectivity index (χ4v) is 3.07. The monoisotopic (exact) mass is 273 g/mol. The predicted octanol–water partition coefficient (Wildman–Crippen LogP) is 3.44. The summed E-state index contributed by atoms with van der Waals surface area (Å²) >= 11 is 1.82. The Hall–Kier alpha value is -1.72. The van der Waals surface area contributed by atoms with Crippen molar-refractivity contribution in [3.63, 3.8) is 0 Å². The number of fused-ring (bicyclic) bond motifs is 1. The number of benzene rings is 1. The van der Waals surface area contributed by atoms with Crippen LogP contribution in [0, 0.1) is 6.92 Å². The number of nitrogens with one attached hydrogen (secondary N) is 1. The quantitative estimate of drug-likeness (QED) is 0.791. The van der Waals surface area contributed by atoms with Crippen LogP contribution >= 0.6 is 11.3 Å². The lowest BCUT2D eigenvalue weighted by molar-refractivity contribution is 0.384. The second kappa shape index (κ2) is 5.11. The van der Waals surface area contributed by atoms with Gasteiger partial charge in [0.15, 0.2) is 5.82 Å². The van der Waals surface area contributed by atoms with E-state index in [4.69, 9.17) is 4.52 Å². The Balaban J connectivity index is 1.71. The van der Waals surface area contributed by atoms with Crippen molar-refractivity contribution in [2.45, 2.75) is 26.4 Å². The van der Waals surface area contributed by atoms with E-state index in [1.54, 1.807) is 6.92 Å². The molecule has 0 radical (unpaired) electrons. The maximum Gasteiger partial charge on any atom is 0.223 e. The fourth-order valence-electron chi connectivity index (χ4n) is 1.97. The summed E-state index contributed by atoms with van der Waals surface area (Å²) in [6, 6.07) is 10.9. The summed E-state index contributed by atoms with van der Waals surface area (Å²) in [5.74, 6) is 1.30. The van der Waals surface area contributed by atoms with Crippen LogP contribution in [0.4, 0.5) is 0 Å². The van der Waals surface area contributed by atoms with Crippen LogP contribution in [0.15, 0.2) is 34.9 Å². The number of aryl methyl sites for hydroxylation is 1. The van der Waals surface area contributed by atoms with Gasteiger partial charge in [-0.3, -0.25) is 0 Å². The second-order valence-corrected chi connectivity index (χ2v) is 5.63. The van der Waals surface area contributed by atoms with Gasteiger partial charge < -0.3 is 9.84 Å². The van der Waals surface area contributed by atoms with Gasteiger partial charge in [0.25, 0.3) is 0 Å². The minimum atomic E-state index is 0.274. The Morgan fingerprint density at radius 3 is 2.95 bits per heavy atom. The largest absolute Gasteiger partial charge is 0.340 e. The number of hydrogen-bond acceptors (Lipinski definition) is 5. The third kappa shape index (κ3) is 2.67. The van der Waals surface area contributed by atoms with Crippen LogP contribution in [0.3, 0.4) is 0 Å². The molecule has 98 valence electrons. The highest BCUT2D eigenvalue weighted by Gasteiger charge is 2.10. The molecule has 3 rings (SSSR count). The molecule has 2 heterocycles. The number of aromatic nitrogens is 2. The number of thiophene rings is 1. The maximum atomic E-state index is 4.95. The normalized spacial score (nSPS) is 12.9. The molecule has 0 aliphatic carbocycles. The molecule has 0 fully saturated rings. The molecule has 4 nitrogen and oxygen atoms in total. The molecule has 19 heavy (non-hydrogen) atoms. The van der Waals surface area contributed by atoms with Crippen molar-refractivity contribution in [2.75, 3.05) is 0 Å². The third-order valence-electron chi connectivity index (χ3n) is 3.01. The van der Waals surface area contributed by atoms with Crippen LogP contribution in [0.25, 0.3) is 10.1 Å². The van der Waals surface area contributed by atoms with E-state index >= 15 is 0 Å². The summed E-state index contributed by atoms with van der Waals surface area (Å²) in [7, 11) is 0. The van der Waals surface area contributed by atoms with Gasteiger partial charge in [-0.15, -0.1) is 11.3 Å². The Morgan fingerprint density at radius 2 is 2.21 bits per heavy atom. The van der Waals surface area contributed by atoms with E-state index in [1.165, 1.54) is 15.0 Å². The van der Waals surface area contributed by atoms with Crippen LogP contribution in [-0.2, 0) is 6.54 Å². The maximum absolute atomic E-state index is 4.95. The van der Waals surface area contributed by atoms with Gasteiger partial charge in [-0.05, 0) is 24.4 Å². The van der Waals surface area contributed by atoms with Gasteiger partial charge in [0.1, 0.15) is 0 Å². The highest BCUT2D eigenvalue weighted by molar-refractivity contribution is 7.19. The van der Waals surface area contributed by atoms with Crippen LogP contribution in [-0.4, -0.2) is 10.1 Å². The average Bonchev–Trinajstić information content (AvgIpc) is 3.01. The van der Waals surface area contributed by atoms with Crippen LogP contribution < -0.4 is 5.32 Å². The van der Waals surface area contributed by atoms with E-state index in [-0.39, 0.29) is 6.04 Å². The van der Waals surface area contributed by atoms with E-state index in [0.717, 1.165) is 0 Å². The van der Waals surface area contributed by atoms with E-state index in [2.05, 4.69) is 52.7 Å². The molecule has 0 bridgehead atoms. The zero-order valence-corrected chi connectivity index (χ0v) is 11.7. The molecule has 0 amide bonds. The first kappa shape index (κ1) is 12.3. The third-order valence-corrected chi connectivity index (χ3v) is 4.31. The molecule has 2 aromatic heterocycles. The van der Waals surface area contributed by atoms with Gasteiger partial charge in [-0.1, -0.05) is 23.4 Å². The lowest BCUT2D eigenvalue weighted by Crippen LogP contribution is -2.17. The van der Waals surface area contributed by atoms with Gasteiger partial charge in [0, 0.05) is 22.5 Å².